The second-order valence-electron chi connectivity index (χ2n) is 4.14. The standard InChI is InChI=1S/C16H13NO/c1-17-10-4-5-12-8-9-16-14(11-12)13-6-2-3-7-15(13)18-16/h2-3,6-9,11,17H,10H2,1H3. The SMILES string of the molecule is CNCC#Cc1ccc2oc3ccccc3c2c1. The van der Waals surface area contributed by atoms with Crippen molar-refractivity contribution in [3.63, 3.8) is 0 Å². The van der Waals surface area contributed by atoms with Gasteiger partial charge in [-0.1, -0.05) is 30.0 Å². The van der Waals surface area contributed by atoms with Crippen LogP contribution in [0.2, 0.25) is 0 Å². The first kappa shape index (κ1) is 10.9. The highest BCUT2D eigenvalue weighted by Gasteiger charge is 2.05. The zero-order chi connectivity index (χ0) is 12.4. The van der Waals surface area contributed by atoms with Crippen molar-refractivity contribution in [2.75, 3.05) is 13.6 Å². The van der Waals surface area contributed by atoms with Crippen LogP contribution in [-0.2, 0) is 0 Å². The molecule has 18 heavy (non-hydrogen) atoms. The Kier molecular flexibility index (Phi) is 2.76. The van der Waals surface area contributed by atoms with E-state index in [4.69, 9.17) is 4.42 Å². The van der Waals surface area contributed by atoms with Crippen LogP contribution in [0.3, 0.4) is 0 Å². The molecule has 3 aromatic rings. The van der Waals surface area contributed by atoms with Crippen LogP contribution in [0.25, 0.3) is 21.9 Å². The van der Waals surface area contributed by atoms with Gasteiger partial charge in [-0.05, 0) is 31.3 Å². The second kappa shape index (κ2) is 4.56. The van der Waals surface area contributed by atoms with E-state index in [-0.39, 0.29) is 0 Å². The van der Waals surface area contributed by atoms with E-state index in [0.717, 1.165) is 27.5 Å². The van der Waals surface area contributed by atoms with E-state index in [9.17, 15) is 0 Å². The van der Waals surface area contributed by atoms with Gasteiger partial charge in [0.1, 0.15) is 11.2 Å². The van der Waals surface area contributed by atoms with Gasteiger partial charge in [-0.3, -0.25) is 0 Å². The van der Waals surface area contributed by atoms with Gasteiger partial charge >= 0.3 is 0 Å². The second-order valence-corrected chi connectivity index (χ2v) is 4.14. The third-order valence-electron chi connectivity index (χ3n) is 2.87. The first-order valence-electron chi connectivity index (χ1n) is 5.93. The van der Waals surface area contributed by atoms with Crippen LogP contribution >= 0.6 is 0 Å². The summed E-state index contributed by atoms with van der Waals surface area (Å²) in [6, 6.07) is 14.1. The molecule has 2 nitrogen and oxygen atoms in total. The molecule has 0 unspecified atom stereocenters. The topological polar surface area (TPSA) is 25.2 Å². The number of hydrogen-bond acceptors (Lipinski definition) is 2. The third-order valence-corrected chi connectivity index (χ3v) is 2.87. The molecular weight excluding hydrogens is 222 g/mol. The number of para-hydroxylation sites is 1. The predicted molar refractivity (Wildman–Crippen MR) is 74.5 cm³/mol. The van der Waals surface area contributed by atoms with Gasteiger partial charge in [-0.15, -0.1) is 0 Å². The van der Waals surface area contributed by atoms with Gasteiger partial charge in [0.2, 0.25) is 0 Å². The van der Waals surface area contributed by atoms with Crippen LogP contribution in [0.15, 0.2) is 46.9 Å². The number of fused-ring (bicyclic) bond motifs is 3. The van der Waals surface area contributed by atoms with Gasteiger partial charge in [0.15, 0.2) is 0 Å². The lowest BCUT2D eigenvalue weighted by Crippen LogP contribution is -2.04. The van der Waals surface area contributed by atoms with Crippen LogP contribution in [0.4, 0.5) is 0 Å². The quantitative estimate of drug-likeness (QED) is 0.655. The van der Waals surface area contributed by atoms with Gasteiger partial charge in [-0.2, -0.15) is 0 Å². The summed E-state index contributed by atoms with van der Waals surface area (Å²) in [5.41, 5.74) is 2.85. The lowest BCUT2D eigenvalue weighted by Gasteiger charge is -1.91. The molecule has 1 aromatic heterocycles. The molecule has 0 aliphatic carbocycles. The summed E-state index contributed by atoms with van der Waals surface area (Å²) in [6.07, 6.45) is 0. The van der Waals surface area contributed by atoms with Crippen LogP contribution in [-0.4, -0.2) is 13.6 Å². The normalized spacial score (nSPS) is 10.5. The van der Waals surface area contributed by atoms with Crippen LogP contribution in [0, 0.1) is 11.8 Å². The molecule has 0 amide bonds. The highest BCUT2D eigenvalue weighted by Crippen LogP contribution is 2.28. The first-order valence-corrected chi connectivity index (χ1v) is 5.93. The summed E-state index contributed by atoms with van der Waals surface area (Å²) in [7, 11) is 1.89. The predicted octanol–water partition coefficient (Wildman–Crippen LogP) is 3.16. The number of nitrogens with one attached hydrogen (secondary N) is 1. The molecule has 0 saturated heterocycles. The monoisotopic (exact) mass is 235 g/mol. The number of benzene rings is 2. The van der Waals surface area contributed by atoms with E-state index in [1.54, 1.807) is 0 Å². The highest BCUT2D eigenvalue weighted by molar-refractivity contribution is 6.05. The summed E-state index contributed by atoms with van der Waals surface area (Å²) < 4.78 is 5.77. The minimum atomic E-state index is 0.699. The molecule has 0 aliphatic rings. The van der Waals surface area contributed by atoms with Gasteiger partial charge in [0.05, 0.1) is 6.54 Å². The van der Waals surface area contributed by atoms with Crippen molar-refractivity contribution in [3.8, 4) is 11.8 Å². The Balaban J connectivity index is 2.16. The third kappa shape index (κ3) is 1.85. The van der Waals surface area contributed by atoms with Crippen LogP contribution in [0.1, 0.15) is 5.56 Å². The van der Waals surface area contributed by atoms with E-state index in [1.807, 2.05) is 37.4 Å². The Morgan fingerprint density at radius 2 is 1.89 bits per heavy atom. The molecule has 2 heteroatoms. The van der Waals surface area contributed by atoms with E-state index in [2.05, 4.69) is 29.3 Å². The smallest absolute Gasteiger partial charge is 0.135 e. The summed E-state index contributed by atoms with van der Waals surface area (Å²) in [6.45, 7) is 0.699. The number of hydrogen-bond donors (Lipinski definition) is 1. The maximum atomic E-state index is 5.77. The minimum Gasteiger partial charge on any atom is -0.456 e. The number of furan rings is 1. The van der Waals surface area contributed by atoms with E-state index < -0.39 is 0 Å². The molecule has 1 N–H and O–H groups in total. The molecule has 0 aliphatic heterocycles. The zero-order valence-corrected chi connectivity index (χ0v) is 10.2. The van der Waals surface area contributed by atoms with Crippen molar-refractivity contribution in [3.05, 3.63) is 48.0 Å². The van der Waals surface area contributed by atoms with Crippen LogP contribution in [0.5, 0.6) is 0 Å². The van der Waals surface area contributed by atoms with E-state index in [0.29, 0.717) is 6.54 Å². The lowest BCUT2D eigenvalue weighted by molar-refractivity contribution is 0.669. The Labute approximate surface area is 106 Å². The van der Waals surface area contributed by atoms with Crippen molar-refractivity contribution in [2.45, 2.75) is 0 Å². The van der Waals surface area contributed by atoms with E-state index in [1.165, 1.54) is 0 Å². The molecule has 2 aromatic carbocycles. The van der Waals surface area contributed by atoms with Gasteiger partial charge in [0, 0.05) is 16.3 Å². The van der Waals surface area contributed by atoms with Crippen LogP contribution < -0.4 is 5.32 Å². The molecular formula is C16H13NO. The minimum absolute atomic E-state index is 0.699. The fourth-order valence-electron chi connectivity index (χ4n) is 2.04. The molecule has 0 fully saturated rings. The first-order chi connectivity index (χ1) is 8.88. The van der Waals surface area contributed by atoms with Crippen molar-refractivity contribution in [1.29, 1.82) is 0 Å². The average molecular weight is 235 g/mol. The molecule has 1 heterocycles. The maximum absolute atomic E-state index is 5.77. The summed E-state index contributed by atoms with van der Waals surface area (Å²) in [5, 5.41) is 5.28. The summed E-state index contributed by atoms with van der Waals surface area (Å²) in [5.74, 6) is 6.20. The molecule has 0 saturated carbocycles. The molecule has 88 valence electrons. The zero-order valence-electron chi connectivity index (χ0n) is 10.2. The van der Waals surface area contributed by atoms with Gasteiger partial charge in [0.25, 0.3) is 0 Å². The fourth-order valence-corrected chi connectivity index (χ4v) is 2.04. The Bertz CT molecular complexity index is 759. The maximum Gasteiger partial charge on any atom is 0.135 e. The molecule has 0 spiro atoms. The summed E-state index contributed by atoms with van der Waals surface area (Å²) >= 11 is 0. The van der Waals surface area contributed by atoms with E-state index >= 15 is 0 Å². The molecule has 0 atom stereocenters. The largest absolute Gasteiger partial charge is 0.456 e. The van der Waals surface area contributed by atoms with Crippen molar-refractivity contribution in [1.82, 2.24) is 5.32 Å². The molecule has 0 bridgehead atoms. The van der Waals surface area contributed by atoms with Crippen molar-refractivity contribution in [2.24, 2.45) is 0 Å². The Morgan fingerprint density at radius 3 is 2.78 bits per heavy atom. The fraction of sp³-hybridized carbons (Fsp3) is 0.125. The highest BCUT2D eigenvalue weighted by atomic mass is 16.3. The Morgan fingerprint density at radius 1 is 1.06 bits per heavy atom. The van der Waals surface area contributed by atoms with Gasteiger partial charge in [-0.25, -0.2) is 0 Å². The van der Waals surface area contributed by atoms with Crippen molar-refractivity contribution < 1.29 is 4.42 Å². The average Bonchev–Trinajstić information content (AvgIpc) is 2.77. The molecule has 0 radical (unpaired) electrons. The Hall–Kier alpha value is -2.24. The molecule has 3 rings (SSSR count). The van der Waals surface area contributed by atoms with Crippen molar-refractivity contribution >= 4 is 21.9 Å². The number of rotatable bonds is 1. The summed E-state index contributed by atoms with van der Waals surface area (Å²) in [4.78, 5) is 0. The van der Waals surface area contributed by atoms with Gasteiger partial charge < -0.3 is 9.73 Å². The lowest BCUT2D eigenvalue weighted by atomic mass is 10.1.